The molecule has 1 atom stereocenters. The molecule has 2 aliphatic heterocycles. The summed E-state index contributed by atoms with van der Waals surface area (Å²) in [5.74, 6) is -3.16. The van der Waals surface area contributed by atoms with Gasteiger partial charge in [-0.15, -0.1) is 0 Å². The number of hydrogen-bond donors (Lipinski definition) is 1. The first kappa shape index (κ1) is 23.5. The second-order valence-corrected chi connectivity index (χ2v) is 8.26. The van der Waals surface area contributed by atoms with Crippen molar-refractivity contribution in [1.82, 2.24) is 4.90 Å². The highest BCUT2D eigenvalue weighted by molar-refractivity contribution is 6.46. The normalized spacial score (nSPS) is 20.6. The van der Waals surface area contributed by atoms with Crippen molar-refractivity contribution in [2.75, 3.05) is 39.4 Å². The summed E-state index contributed by atoms with van der Waals surface area (Å²) in [6.07, 6.45) is 0.545. The highest BCUT2D eigenvalue weighted by Crippen LogP contribution is 2.41. The van der Waals surface area contributed by atoms with Crippen LogP contribution in [0.2, 0.25) is 0 Å². The van der Waals surface area contributed by atoms with Gasteiger partial charge in [-0.25, -0.2) is 4.39 Å². The zero-order valence-electron chi connectivity index (χ0n) is 18.4. The lowest BCUT2D eigenvalue weighted by Crippen LogP contribution is -3.14. The van der Waals surface area contributed by atoms with Crippen molar-refractivity contribution in [3.05, 3.63) is 81.2 Å². The van der Waals surface area contributed by atoms with Gasteiger partial charge in [0.1, 0.15) is 18.9 Å². The smallest absolute Gasteiger partial charge is 0.295 e. The summed E-state index contributed by atoms with van der Waals surface area (Å²) in [7, 11) is 0. The SMILES string of the molecule is O=C1C(=O)N(CCC[NH+]2CCOCC2)C(c2ccccc2[N+](=O)[O-])/C1=C(\[O-])c1ccc(F)cc1. The van der Waals surface area contributed by atoms with Crippen molar-refractivity contribution in [2.45, 2.75) is 12.5 Å². The maximum atomic E-state index is 13.4. The van der Waals surface area contributed by atoms with E-state index in [1.54, 1.807) is 6.07 Å². The molecule has 4 rings (SSSR count). The molecule has 1 amide bonds. The lowest BCUT2D eigenvalue weighted by Gasteiger charge is -2.28. The van der Waals surface area contributed by atoms with Crippen LogP contribution in [0.4, 0.5) is 10.1 Å². The number of halogens is 1. The highest BCUT2D eigenvalue weighted by Gasteiger charge is 2.46. The minimum atomic E-state index is -1.20. The van der Waals surface area contributed by atoms with Crippen LogP contribution in [0, 0.1) is 15.9 Å². The molecule has 2 aliphatic rings. The molecule has 0 spiro atoms. The van der Waals surface area contributed by atoms with E-state index in [1.807, 2.05) is 0 Å². The predicted octanol–water partition coefficient (Wildman–Crippen LogP) is 0.263. The third kappa shape index (κ3) is 4.68. The summed E-state index contributed by atoms with van der Waals surface area (Å²) in [5, 5.41) is 25.0. The largest absolute Gasteiger partial charge is 0.872 e. The first-order chi connectivity index (χ1) is 16.4. The Bertz CT molecular complexity index is 1130. The predicted molar refractivity (Wildman–Crippen MR) is 117 cm³/mol. The Kier molecular flexibility index (Phi) is 6.99. The standard InChI is InChI=1S/C24H24FN3O6/c25-17-8-6-16(7-9-17)22(29)20-21(18-4-1-2-5-19(18)28(32)33)27(24(31)23(20)30)11-3-10-26-12-14-34-15-13-26/h1-2,4-9,21,29H,3,10-15H2/b22-20+. The molecule has 10 heteroatoms. The molecule has 34 heavy (non-hydrogen) atoms. The van der Waals surface area contributed by atoms with Gasteiger partial charge in [0.15, 0.2) is 0 Å². The van der Waals surface area contributed by atoms with Gasteiger partial charge in [-0.3, -0.25) is 19.7 Å². The van der Waals surface area contributed by atoms with E-state index >= 15 is 0 Å². The van der Waals surface area contributed by atoms with Gasteiger partial charge in [-0.2, -0.15) is 0 Å². The molecule has 1 unspecified atom stereocenters. The molecule has 9 nitrogen and oxygen atoms in total. The van der Waals surface area contributed by atoms with Gasteiger partial charge in [0.2, 0.25) is 5.78 Å². The molecule has 2 fully saturated rings. The van der Waals surface area contributed by atoms with Crippen LogP contribution in [-0.2, 0) is 14.3 Å². The molecule has 0 radical (unpaired) electrons. The molecule has 0 saturated carbocycles. The van der Waals surface area contributed by atoms with E-state index in [0.29, 0.717) is 19.6 Å². The average molecular weight is 469 g/mol. The number of hydrogen-bond acceptors (Lipinski definition) is 6. The Balaban J connectivity index is 1.73. The molecule has 1 N–H and O–H groups in total. The van der Waals surface area contributed by atoms with Crippen LogP contribution in [0.1, 0.15) is 23.6 Å². The van der Waals surface area contributed by atoms with Gasteiger partial charge >= 0.3 is 0 Å². The Morgan fingerprint density at radius 1 is 1.12 bits per heavy atom. The molecule has 2 aromatic carbocycles. The van der Waals surface area contributed by atoms with Crippen molar-refractivity contribution in [1.29, 1.82) is 0 Å². The van der Waals surface area contributed by atoms with Gasteiger partial charge in [0.05, 0.1) is 36.3 Å². The minimum absolute atomic E-state index is 0.0285. The van der Waals surface area contributed by atoms with Crippen LogP contribution in [0.3, 0.4) is 0 Å². The van der Waals surface area contributed by atoms with Crippen LogP contribution in [0.15, 0.2) is 54.1 Å². The minimum Gasteiger partial charge on any atom is -0.872 e. The zero-order chi connectivity index (χ0) is 24.2. The van der Waals surface area contributed by atoms with E-state index in [9.17, 15) is 29.2 Å². The molecule has 0 aliphatic carbocycles. The monoisotopic (exact) mass is 469 g/mol. The Hall–Kier alpha value is -3.63. The number of likely N-dealkylation sites (tertiary alicyclic amines) is 1. The average Bonchev–Trinajstić information content (AvgIpc) is 3.09. The van der Waals surface area contributed by atoms with Crippen LogP contribution in [0.25, 0.3) is 5.76 Å². The molecule has 0 aromatic heterocycles. The van der Waals surface area contributed by atoms with Crippen molar-refractivity contribution < 1.29 is 33.6 Å². The summed E-state index contributed by atoms with van der Waals surface area (Å²) in [4.78, 5) is 39.7. The van der Waals surface area contributed by atoms with Gasteiger partial charge in [-0.05, 0) is 23.8 Å². The second kappa shape index (κ2) is 10.1. The molecule has 2 saturated heterocycles. The number of quaternary nitrogens is 1. The number of morpholine rings is 1. The van der Waals surface area contributed by atoms with E-state index in [2.05, 4.69) is 0 Å². The summed E-state index contributed by atoms with van der Waals surface area (Å²) >= 11 is 0. The van der Waals surface area contributed by atoms with E-state index in [-0.39, 0.29) is 28.9 Å². The number of carbonyl (C=O) groups excluding carboxylic acids is 2. The fourth-order valence-electron chi connectivity index (χ4n) is 4.48. The van der Waals surface area contributed by atoms with Gasteiger partial charge < -0.3 is 19.6 Å². The zero-order valence-corrected chi connectivity index (χ0v) is 18.4. The molecule has 2 aromatic rings. The summed E-state index contributed by atoms with van der Waals surface area (Å²) in [5.41, 5.74) is -0.524. The molecule has 0 bridgehead atoms. The van der Waals surface area contributed by atoms with Gasteiger partial charge in [0, 0.05) is 24.6 Å². The van der Waals surface area contributed by atoms with Crippen molar-refractivity contribution in [3.8, 4) is 0 Å². The number of ether oxygens (including phenoxy) is 1. The van der Waals surface area contributed by atoms with Crippen molar-refractivity contribution in [3.63, 3.8) is 0 Å². The van der Waals surface area contributed by atoms with E-state index in [0.717, 1.165) is 31.8 Å². The van der Waals surface area contributed by atoms with E-state index in [4.69, 9.17) is 4.74 Å². The molecule has 178 valence electrons. The van der Waals surface area contributed by atoms with Crippen molar-refractivity contribution in [2.24, 2.45) is 0 Å². The van der Waals surface area contributed by atoms with Crippen LogP contribution < -0.4 is 10.0 Å². The number of nitro groups is 1. The highest BCUT2D eigenvalue weighted by atomic mass is 19.1. The summed E-state index contributed by atoms with van der Waals surface area (Å²) in [6.45, 7) is 3.86. The number of nitro benzene ring substituents is 1. The summed E-state index contributed by atoms with van der Waals surface area (Å²) < 4.78 is 18.7. The van der Waals surface area contributed by atoms with E-state index in [1.165, 1.54) is 40.1 Å². The lowest BCUT2D eigenvalue weighted by atomic mass is 9.94. The maximum Gasteiger partial charge on any atom is 0.295 e. The topological polar surface area (TPSA) is 117 Å². The number of carbonyl (C=O) groups is 2. The summed E-state index contributed by atoms with van der Waals surface area (Å²) in [6, 6.07) is 9.19. The third-order valence-corrected chi connectivity index (χ3v) is 6.19. The number of amides is 1. The third-order valence-electron chi connectivity index (χ3n) is 6.19. The van der Waals surface area contributed by atoms with Gasteiger partial charge in [-0.1, -0.05) is 30.0 Å². The lowest BCUT2D eigenvalue weighted by molar-refractivity contribution is -0.908. The van der Waals surface area contributed by atoms with Crippen molar-refractivity contribution >= 4 is 23.1 Å². The van der Waals surface area contributed by atoms with Crippen LogP contribution in [0.5, 0.6) is 0 Å². The van der Waals surface area contributed by atoms with Crippen LogP contribution in [-0.4, -0.2) is 60.9 Å². The molecule has 2 heterocycles. The number of nitrogens with one attached hydrogen (secondary N) is 1. The fraction of sp³-hybridized carbons (Fsp3) is 0.333. The number of benzene rings is 2. The van der Waals surface area contributed by atoms with Gasteiger partial charge in [0.25, 0.3) is 11.6 Å². The second-order valence-electron chi connectivity index (χ2n) is 8.26. The van der Waals surface area contributed by atoms with Crippen LogP contribution >= 0.6 is 0 Å². The first-order valence-electron chi connectivity index (χ1n) is 11.1. The first-order valence-corrected chi connectivity index (χ1v) is 11.1. The Labute approximate surface area is 195 Å². The fourth-order valence-corrected chi connectivity index (χ4v) is 4.48. The molecular weight excluding hydrogens is 445 g/mol. The maximum absolute atomic E-state index is 13.4. The quantitative estimate of drug-likeness (QED) is 0.204. The Morgan fingerprint density at radius 2 is 1.79 bits per heavy atom. The number of rotatable bonds is 7. The number of Topliss-reactive ketones (excluding diaryl/α,β-unsaturated/α-hetero) is 1. The molecular formula is C24H24FN3O6. The number of ketones is 1. The van der Waals surface area contributed by atoms with E-state index < -0.39 is 34.2 Å². The Morgan fingerprint density at radius 3 is 2.47 bits per heavy atom. The number of para-hydroxylation sites is 1. The number of nitrogens with zero attached hydrogens (tertiary/aromatic N) is 2.